The van der Waals surface area contributed by atoms with Gasteiger partial charge < -0.3 is 10.4 Å². The average molecular weight is 303 g/mol. The van der Waals surface area contributed by atoms with Crippen LogP contribution in [-0.2, 0) is 9.59 Å². The molecule has 0 radical (unpaired) electrons. The molecule has 1 aliphatic carbocycles. The van der Waals surface area contributed by atoms with E-state index >= 15 is 0 Å². The van der Waals surface area contributed by atoms with Crippen molar-refractivity contribution in [2.45, 2.75) is 47.0 Å². The number of rotatable bonds is 5. The highest BCUT2D eigenvalue weighted by Crippen LogP contribution is 2.40. The molecular weight excluding hydrogens is 278 g/mol. The van der Waals surface area contributed by atoms with Gasteiger partial charge >= 0.3 is 5.97 Å². The second-order valence-corrected chi connectivity index (χ2v) is 6.33. The Labute approximate surface area is 132 Å². The molecule has 22 heavy (non-hydrogen) atoms. The van der Waals surface area contributed by atoms with Gasteiger partial charge in [-0.05, 0) is 55.7 Å². The van der Waals surface area contributed by atoms with E-state index in [9.17, 15) is 9.59 Å². The number of carbonyl (C=O) groups is 2. The lowest BCUT2D eigenvalue weighted by atomic mass is 9.73. The van der Waals surface area contributed by atoms with E-state index in [0.717, 1.165) is 18.9 Å². The van der Waals surface area contributed by atoms with Crippen LogP contribution in [0.4, 0.5) is 0 Å². The molecular formula is C18H25NO3. The zero-order valence-corrected chi connectivity index (χ0v) is 13.8. The summed E-state index contributed by atoms with van der Waals surface area (Å²) in [7, 11) is 0. The maximum Gasteiger partial charge on any atom is 0.328 e. The molecule has 0 unspecified atom stereocenters. The Bertz CT molecular complexity index is 563. The second kappa shape index (κ2) is 7.78. The van der Waals surface area contributed by atoms with Crippen molar-refractivity contribution >= 4 is 11.9 Å². The molecule has 0 heterocycles. The minimum atomic E-state index is -1.03. The van der Waals surface area contributed by atoms with Crippen molar-refractivity contribution in [2.75, 3.05) is 0 Å². The molecule has 0 aromatic carbocycles. The Morgan fingerprint density at radius 3 is 2.55 bits per heavy atom. The zero-order valence-electron chi connectivity index (χ0n) is 13.8. The summed E-state index contributed by atoms with van der Waals surface area (Å²) >= 11 is 0. The molecule has 0 spiro atoms. The number of aliphatic carboxylic acids is 1. The molecule has 120 valence electrons. The third-order valence-corrected chi connectivity index (χ3v) is 3.87. The summed E-state index contributed by atoms with van der Waals surface area (Å²) in [6.45, 7) is 8.26. The topological polar surface area (TPSA) is 66.4 Å². The van der Waals surface area contributed by atoms with E-state index in [-0.39, 0.29) is 11.3 Å². The van der Waals surface area contributed by atoms with Gasteiger partial charge in [-0.25, -0.2) is 4.79 Å². The smallest absolute Gasteiger partial charge is 0.328 e. The molecule has 0 aromatic rings. The van der Waals surface area contributed by atoms with Gasteiger partial charge in [0.25, 0.3) is 0 Å². The van der Waals surface area contributed by atoms with Crippen molar-refractivity contribution in [1.82, 2.24) is 5.32 Å². The van der Waals surface area contributed by atoms with Crippen molar-refractivity contribution in [3.8, 4) is 0 Å². The first-order valence-corrected chi connectivity index (χ1v) is 7.49. The minimum absolute atomic E-state index is 0.138. The third kappa shape index (κ3) is 5.72. The molecule has 2 N–H and O–H groups in total. The highest BCUT2D eigenvalue weighted by molar-refractivity contribution is 5.89. The highest BCUT2D eigenvalue weighted by atomic mass is 16.4. The fraction of sp³-hybridized carbons (Fsp3) is 0.444. The molecule has 0 atom stereocenters. The van der Waals surface area contributed by atoms with Crippen molar-refractivity contribution in [3.05, 3.63) is 47.2 Å². The Morgan fingerprint density at radius 1 is 1.27 bits per heavy atom. The van der Waals surface area contributed by atoms with Gasteiger partial charge in [-0.2, -0.15) is 0 Å². The molecule has 1 rings (SSSR count). The maximum atomic E-state index is 11.7. The molecule has 0 bridgehead atoms. The van der Waals surface area contributed by atoms with Gasteiger partial charge in [0.05, 0.1) is 0 Å². The lowest BCUT2D eigenvalue weighted by Crippen LogP contribution is -2.20. The molecule has 4 heteroatoms. The van der Waals surface area contributed by atoms with Crippen LogP contribution in [0.5, 0.6) is 0 Å². The highest BCUT2D eigenvalue weighted by Gasteiger charge is 2.26. The van der Waals surface area contributed by atoms with E-state index < -0.39 is 5.97 Å². The minimum Gasteiger partial charge on any atom is -0.478 e. The number of carboxylic acids is 1. The number of carboxylic acid groups (broad SMARTS) is 1. The predicted octanol–water partition coefficient (Wildman–Crippen LogP) is 3.73. The first-order valence-electron chi connectivity index (χ1n) is 7.49. The van der Waals surface area contributed by atoms with Crippen LogP contribution in [0.3, 0.4) is 0 Å². The number of carbonyl (C=O) groups excluding carboxylic acids is 1. The maximum absolute atomic E-state index is 11.7. The lowest BCUT2D eigenvalue weighted by molar-refractivity contribution is -0.131. The normalized spacial score (nSPS) is 19.0. The van der Waals surface area contributed by atoms with Crippen LogP contribution in [0.25, 0.3) is 0 Å². The Hall–Kier alpha value is -2.10. The first-order chi connectivity index (χ1) is 10.2. The van der Waals surface area contributed by atoms with Crippen molar-refractivity contribution in [3.63, 3.8) is 0 Å². The number of hydrogen-bond acceptors (Lipinski definition) is 2. The summed E-state index contributed by atoms with van der Waals surface area (Å²) in [6.07, 6.45) is 10.9. The summed E-state index contributed by atoms with van der Waals surface area (Å²) in [6, 6.07) is 0. The van der Waals surface area contributed by atoms with Gasteiger partial charge in [0, 0.05) is 18.4 Å². The van der Waals surface area contributed by atoms with E-state index in [1.807, 2.05) is 6.08 Å². The molecule has 0 saturated carbocycles. The van der Waals surface area contributed by atoms with Crippen molar-refractivity contribution in [2.24, 2.45) is 5.41 Å². The summed E-state index contributed by atoms with van der Waals surface area (Å²) in [5, 5.41) is 11.2. The van der Waals surface area contributed by atoms with E-state index in [1.54, 1.807) is 13.1 Å². The van der Waals surface area contributed by atoms with Crippen LogP contribution in [0, 0.1) is 5.41 Å². The number of nitrogens with one attached hydrogen (secondary N) is 1. The molecule has 1 aliphatic rings. The lowest BCUT2D eigenvalue weighted by Gasteiger charge is -2.32. The van der Waals surface area contributed by atoms with Crippen molar-refractivity contribution < 1.29 is 14.7 Å². The van der Waals surface area contributed by atoms with Gasteiger partial charge in [0.2, 0.25) is 5.91 Å². The monoisotopic (exact) mass is 303 g/mol. The van der Waals surface area contributed by atoms with Crippen LogP contribution in [0.15, 0.2) is 47.2 Å². The second-order valence-electron chi connectivity index (χ2n) is 6.33. The molecule has 0 fully saturated rings. The first kappa shape index (κ1) is 18.0. The Morgan fingerprint density at radius 2 is 1.95 bits per heavy atom. The molecule has 0 saturated heterocycles. The van der Waals surface area contributed by atoms with E-state index in [4.69, 9.17) is 5.11 Å². The van der Waals surface area contributed by atoms with Crippen LogP contribution in [0.1, 0.15) is 47.0 Å². The zero-order chi connectivity index (χ0) is 16.8. The van der Waals surface area contributed by atoms with Crippen LogP contribution in [0.2, 0.25) is 0 Å². The summed E-state index contributed by atoms with van der Waals surface area (Å²) in [4.78, 5) is 22.1. The SMILES string of the molecule is CC(C=CC(=O)O)=CC(=O)NC=CC1=C(C)CCCC1(C)C. The standard InChI is InChI=1S/C18H25NO3/c1-13(7-8-17(21)22)12-16(20)19-11-9-15-14(2)6-5-10-18(15,3)4/h7-9,11-12H,5-6,10H2,1-4H3,(H,19,20)(H,21,22). The molecule has 0 aromatic heterocycles. The Kier molecular flexibility index (Phi) is 6.35. The number of amides is 1. The van der Waals surface area contributed by atoms with Gasteiger partial charge in [-0.3, -0.25) is 4.79 Å². The number of allylic oxidation sites excluding steroid dienone is 5. The van der Waals surface area contributed by atoms with Gasteiger partial charge in [-0.15, -0.1) is 0 Å². The average Bonchev–Trinajstić information content (AvgIpc) is 2.39. The number of hydrogen-bond donors (Lipinski definition) is 2. The molecule has 4 nitrogen and oxygen atoms in total. The van der Waals surface area contributed by atoms with Gasteiger partial charge in [-0.1, -0.05) is 25.5 Å². The van der Waals surface area contributed by atoms with Crippen LogP contribution < -0.4 is 5.32 Å². The van der Waals surface area contributed by atoms with Crippen LogP contribution >= 0.6 is 0 Å². The van der Waals surface area contributed by atoms with Crippen molar-refractivity contribution in [1.29, 1.82) is 0 Å². The van der Waals surface area contributed by atoms with Gasteiger partial charge in [0.15, 0.2) is 0 Å². The summed E-state index contributed by atoms with van der Waals surface area (Å²) in [5.41, 5.74) is 3.38. The quantitative estimate of drug-likeness (QED) is 0.600. The van der Waals surface area contributed by atoms with E-state index in [2.05, 4.69) is 26.1 Å². The van der Waals surface area contributed by atoms with Crippen LogP contribution in [-0.4, -0.2) is 17.0 Å². The fourth-order valence-corrected chi connectivity index (χ4v) is 2.72. The third-order valence-electron chi connectivity index (χ3n) is 3.87. The summed E-state index contributed by atoms with van der Waals surface area (Å²) < 4.78 is 0. The Balaban J connectivity index is 2.67. The fourth-order valence-electron chi connectivity index (χ4n) is 2.72. The van der Waals surface area contributed by atoms with E-state index in [1.165, 1.54) is 29.7 Å². The molecule has 0 aliphatic heterocycles. The van der Waals surface area contributed by atoms with E-state index in [0.29, 0.717) is 5.57 Å². The largest absolute Gasteiger partial charge is 0.478 e. The summed E-state index contributed by atoms with van der Waals surface area (Å²) in [5.74, 6) is -1.30. The predicted molar refractivity (Wildman–Crippen MR) is 88.1 cm³/mol. The van der Waals surface area contributed by atoms with Gasteiger partial charge in [0.1, 0.15) is 0 Å². The molecule has 1 amide bonds.